The average molecular weight is 587 g/mol. The fourth-order valence-electron chi connectivity index (χ4n) is 6.69. The highest BCUT2D eigenvalue weighted by molar-refractivity contribution is 7.89. The van der Waals surface area contributed by atoms with Crippen LogP contribution in [0.2, 0.25) is 0 Å². The van der Waals surface area contributed by atoms with Gasteiger partial charge in [0.1, 0.15) is 16.5 Å². The number of hydrogen-bond donors (Lipinski definition) is 1. The van der Waals surface area contributed by atoms with Crippen LogP contribution in [0.1, 0.15) is 77.6 Å². The fraction of sp³-hybridized carbons (Fsp3) is 0.419. The van der Waals surface area contributed by atoms with Gasteiger partial charge in [0.25, 0.3) is 0 Å². The molecule has 1 saturated heterocycles. The van der Waals surface area contributed by atoms with Crippen molar-refractivity contribution in [2.45, 2.75) is 75.3 Å². The summed E-state index contributed by atoms with van der Waals surface area (Å²) in [5.41, 5.74) is 5.20. The molecule has 2 fully saturated rings. The normalized spacial score (nSPS) is 20.7. The third-order valence-corrected chi connectivity index (χ3v) is 11.0. The van der Waals surface area contributed by atoms with E-state index in [1.54, 1.807) is 22.6 Å². The summed E-state index contributed by atoms with van der Waals surface area (Å²) in [6.45, 7) is 5.32. The second kappa shape index (κ2) is 10.2. The molecule has 1 aromatic carbocycles. The van der Waals surface area contributed by atoms with E-state index in [1.165, 1.54) is 0 Å². The number of pyridine rings is 2. The minimum atomic E-state index is -3.79. The second-order valence-corrected chi connectivity index (χ2v) is 13.8. The van der Waals surface area contributed by atoms with Crippen LogP contribution >= 0.6 is 0 Å². The monoisotopic (exact) mass is 586 g/mol. The molecule has 0 amide bonds. The van der Waals surface area contributed by atoms with E-state index in [0.717, 1.165) is 71.5 Å². The smallest absolute Gasteiger partial charge is 0.304 e. The molecule has 0 radical (unpaired) electrons. The van der Waals surface area contributed by atoms with E-state index in [4.69, 9.17) is 0 Å². The van der Waals surface area contributed by atoms with Gasteiger partial charge in [-0.15, -0.1) is 10.2 Å². The summed E-state index contributed by atoms with van der Waals surface area (Å²) in [5, 5.41) is 18.8. The Labute approximate surface area is 245 Å². The molecule has 0 bridgehead atoms. The van der Waals surface area contributed by atoms with Gasteiger partial charge >= 0.3 is 5.97 Å². The number of hydrogen-bond acceptors (Lipinski definition) is 7. The van der Waals surface area contributed by atoms with Crippen LogP contribution in [0.25, 0.3) is 5.65 Å². The van der Waals surface area contributed by atoms with Crippen molar-refractivity contribution in [2.75, 3.05) is 18.0 Å². The van der Waals surface area contributed by atoms with E-state index in [2.05, 4.69) is 20.1 Å². The molecule has 2 unspecified atom stereocenters. The molecule has 218 valence electrons. The standard InChI is InChI=1S/C31H34N6O4S/c1-19-7-8-22(26(16-28(38)39)25-11-14-37-29(20(25)2)33-34-30(37)21-9-10-21)15-23(19)17-35-18-24-5-4-13-36(24)31-27(42(35,40)41)6-3-12-32-31/h3,6-8,11-12,14-15,21,24,26H,4-5,9-10,13,16-18H2,1-2H3,(H,38,39). The summed E-state index contributed by atoms with van der Waals surface area (Å²) in [4.78, 5) is 19.0. The summed E-state index contributed by atoms with van der Waals surface area (Å²) >= 11 is 0. The molecule has 1 saturated carbocycles. The molecule has 42 heavy (non-hydrogen) atoms. The maximum Gasteiger partial charge on any atom is 0.304 e. The van der Waals surface area contributed by atoms with Gasteiger partial charge in [0.15, 0.2) is 5.65 Å². The van der Waals surface area contributed by atoms with Crippen molar-refractivity contribution < 1.29 is 18.3 Å². The van der Waals surface area contributed by atoms with Crippen molar-refractivity contribution in [1.82, 2.24) is 23.9 Å². The summed E-state index contributed by atoms with van der Waals surface area (Å²) in [5.74, 6) is 0.613. The molecule has 0 spiro atoms. The number of aliphatic carboxylic acids is 1. The number of carbonyl (C=O) groups is 1. The van der Waals surface area contributed by atoms with E-state index in [9.17, 15) is 18.3 Å². The molecule has 2 atom stereocenters. The van der Waals surface area contributed by atoms with Crippen LogP contribution in [0.15, 0.2) is 53.7 Å². The van der Waals surface area contributed by atoms with Crippen molar-refractivity contribution in [3.05, 3.63) is 82.4 Å². The summed E-state index contributed by atoms with van der Waals surface area (Å²) in [7, 11) is -3.79. The van der Waals surface area contributed by atoms with Crippen molar-refractivity contribution in [3.63, 3.8) is 0 Å². The van der Waals surface area contributed by atoms with Crippen LogP contribution in [0.5, 0.6) is 0 Å². The number of nitrogens with zero attached hydrogens (tertiary/aromatic N) is 6. The Hall–Kier alpha value is -3.83. The molecule has 11 heteroatoms. The Morgan fingerprint density at radius 3 is 2.74 bits per heavy atom. The van der Waals surface area contributed by atoms with Crippen LogP contribution in [-0.2, 0) is 21.4 Å². The van der Waals surface area contributed by atoms with Gasteiger partial charge in [-0.2, -0.15) is 4.31 Å². The second-order valence-electron chi connectivity index (χ2n) is 11.9. The number of aryl methyl sites for hydroxylation is 2. The third-order valence-electron chi connectivity index (χ3n) is 9.14. The number of sulfonamides is 1. The molecule has 5 heterocycles. The van der Waals surface area contributed by atoms with Crippen LogP contribution in [-0.4, -0.2) is 62.5 Å². The highest BCUT2D eigenvalue weighted by Gasteiger charge is 2.40. The molecule has 1 N–H and O–H groups in total. The topological polar surface area (TPSA) is 121 Å². The first-order valence-corrected chi connectivity index (χ1v) is 16.0. The number of carboxylic acid groups (broad SMARTS) is 1. The van der Waals surface area contributed by atoms with Gasteiger partial charge in [0.05, 0.1) is 6.42 Å². The van der Waals surface area contributed by atoms with Gasteiger partial charge in [0.2, 0.25) is 10.0 Å². The average Bonchev–Trinajstić information content (AvgIpc) is 3.56. The predicted octanol–water partition coefficient (Wildman–Crippen LogP) is 4.40. The SMILES string of the molecule is Cc1ccc(C(CC(=O)O)c2ccn3c(C4CC4)nnc3c2C)cc1CN1CC2CCCN2c2ncccc2S1(=O)=O. The maximum atomic E-state index is 13.9. The quantitative estimate of drug-likeness (QED) is 0.338. The number of fused-ring (bicyclic) bond motifs is 4. The lowest BCUT2D eigenvalue weighted by Gasteiger charge is -2.26. The zero-order chi connectivity index (χ0) is 29.2. The van der Waals surface area contributed by atoms with Crippen molar-refractivity contribution in [1.29, 1.82) is 0 Å². The number of carboxylic acids is 1. The number of benzene rings is 1. The van der Waals surface area contributed by atoms with E-state index < -0.39 is 21.9 Å². The molecule has 1 aliphatic carbocycles. The first-order valence-electron chi connectivity index (χ1n) is 14.6. The highest BCUT2D eigenvalue weighted by atomic mass is 32.2. The van der Waals surface area contributed by atoms with Gasteiger partial charge in [-0.25, -0.2) is 13.4 Å². The zero-order valence-electron chi connectivity index (χ0n) is 23.8. The molecule has 10 nitrogen and oxygen atoms in total. The molecular weight excluding hydrogens is 552 g/mol. The van der Waals surface area contributed by atoms with Crippen molar-refractivity contribution in [3.8, 4) is 0 Å². The van der Waals surface area contributed by atoms with Crippen molar-refractivity contribution >= 4 is 27.5 Å². The predicted molar refractivity (Wildman–Crippen MR) is 157 cm³/mol. The summed E-state index contributed by atoms with van der Waals surface area (Å²) in [6, 6.07) is 11.3. The highest BCUT2D eigenvalue weighted by Crippen LogP contribution is 2.41. The molecule has 7 rings (SSSR count). The lowest BCUT2D eigenvalue weighted by molar-refractivity contribution is -0.137. The minimum absolute atomic E-state index is 0.0669. The van der Waals surface area contributed by atoms with Crippen LogP contribution in [0, 0.1) is 13.8 Å². The van der Waals surface area contributed by atoms with Crippen LogP contribution in [0.4, 0.5) is 5.82 Å². The number of aromatic nitrogens is 4. The lowest BCUT2D eigenvalue weighted by Crippen LogP contribution is -2.39. The Morgan fingerprint density at radius 2 is 1.95 bits per heavy atom. The van der Waals surface area contributed by atoms with E-state index in [1.807, 2.05) is 48.7 Å². The molecule has 3 aliphatic rings. The first-order chi connectivity index (χ1) is 20.2. The third kappa shape index (κ3) is 4.55. The number of anilines is 1. The van der Waals surface area contributed by atoms with E-state index >= 15 is 0 Å². The van der Waals surface area contributed by atoms with Crippen LogP contribution in [0.3, 0.4) is 0 Å². The van der Waals surface area contributed by atoms with Gasteiger partial charge in [-0.05, 0) is 85.5 Å². The Morgan fingerprint density at radius 1 is 1.12 bits per heavy atom. The van der Waals surface area contributed by atoms with Crippen LogP contribution < -0.4 is 4.90 Å². The molecule has 4 aromatic rings. The van der Waals surface area contributed by atoms with Gasteiger partial charge in [-0.1, -0.05) is 18.2 Å². The lowest BCUT2D eigenvalue weighted by atomic mass is 9.85. The maximum absolute atomic E-state index is 13.9. The summed E-state index contributed by atoms with van der Waals surface area (Å²) < 4.78 is 31.5. The van der Waals surface area contributed by atoms with Crippen molar-refractivity contribution in [2.24, 2.45) is 0 Å². The van der Waals surface area contributed by atoms with E-state index in [-0.39, 0.29) is 23.9 Å². The fourth-order valence-corrected chi connectivity index (χ4v) is 8.30. The zero-order valence-corrected chi connectivity index (χ0v) is 24.6. The van der Waals surface area contributed by atoms with Gasteiger partial charge in [-0.3, -0.25) is 9.20 Å². The van der Waals surface area contributed by atoms with E-state index in [0.29, 0.717) is 18.3 Å². The minimum Gasteiger partial charge on any atom is -0.481 e. The Kier molecular flexibility index (Phi) is 6.54. The molecular formula is C31H34N6O4S. The number of rotatable bonds is 7. The Bertz CT molecular complexity index is 1820. The van der Waals surface area contributed by atoms with Gasteiger partial charge < -0.3 is 10.0 Å². The van der Waals surface area contributed by atoms with Gasteiger partial charge in [0, 0.05) is 49.9 Å². The first kappa shape index (κ1) is 27.0. The largest absolute Gasteiger partial charge is 0.481 e. The Balaban J connectivity index is 1.27. The molecule has 3 aromatic heterocycles. The molecule has 2 aliphatic heterocycles. The summed E-state index contributed by atoms with van der Waals surface area (Å²) in [6.07, 6.45) is 7.65.